The highest BCUT2D eigenvalue weighted by atomic mass is 19.1. The molecule has 1 heterocycles. The highest BCUT2D eigenvalue weighted by Crippen LogP contribution is 2.17. The van der Waals surface area contributed by atoms with Crippen LogP contribution in [0.1, 0.15) is 27.2 Å². The van der Waals surface area contributed by atoms with Gasteiger partial charge in [0.15, 0.2) is 5.82 Å². The standard InChI is InChI=1S/C13H14FN3O/c1-7-5-4-6-10(11(7)14)13(18)15-12-8(2)9(3)16-17-12/h4-6H,1-3H3,(H2,15,16,17,18). The smallest absolute Gasteiger partial charge is 0.259 e. The minimum atomic E-state index is -0.500. The van der Waals surface area contributed by atoms with E-state index in [2.05, 4.69) is 15.5 Å². The number of amides is 1. The summed E-state index contributed by atoms with van der Waals surface area (Å²) < 4.78 is 13.8. The van der Waals surface area contributed by atoms with Crippen molar-refractivity contribution in [3.8, 4) is 0 Å². The van der Waals surface area contributed by atoms with E-state index in [0.717, 1.165) is 11.3 Å². The molecule has 1 aromatic heterocycles. The van der Waals surface area contributed by atoms with Crippen LogP contribution in [0.25, 0.3) is 0 Å². The lowest BCUT2D eigenvalue weighted by Crippen LogP contribution is -2.15. The van der Waals surface area contributed by atoms with Crippen LogP contribution in [0.3, 0.4) is 0 Å². The van der Waals surface area contributed by atoms with Crippen LogP contribution < -0.4 is 5.32 Å². The number of hydrogen-bond donors (Lipinski definition) is 2. The average Bonchev–Trinajstić information content (AvgIpc) is 2.64. The number of nitrogens with one attached hydrogen (secondary N) is 2. The number of carbonyl (C=O) groups is 1. The van der Waals surface area contributed by atoms with Gasteiger partial charge in [-0.1, -0.05) is 12.1 Å². The van der Waals surface area contributed by atoms with E-state index in [1.54, 1.807) is 19.1 Å². The molecule has 0 spiro atoms. The van der Waals surface area contributed by atoms with Crippen molar-refractivity contribution in [1.82, 2.24) is 10.2 Å². The summed E-state index contributed by atoms with van der Waals surface area (Å²) >= 11 is 0. The molecule has 2 rings (SSSR count). The van der Waals surface area contributed by atoms with Crippen molar-refractivity contribution in [3.63, 3.8) is 0 Å². The van der Waals surface area contributed by atoms with Gasteiger partial charge in [0.1, 0.15) is 5.82 Å². The van der Waals surface area contributed by atoms with Crippen LogP contribution in [0.2, 0.25) is 0 Å². The van der Waals surface area contributed by atoms with Crippen LogP contribution in [0, 0.1) is 26.6 Å². The van der Waals surface area contributed by atoms with E-state index < -0.39 is 11.7 Å². The number of hydrogen-bond acceptors (Lipinski definition) is 2. The molecule has 0 aliphatic rings. The molecule has 1 aromatic carbocycles. The Bertz CT molecular complexity index is 604. The van der Waals surface area contributed by atoms with Crippen molar-refractivity contribution in [3.05, 3.63) is 46.4 Å². The van der Waals surface area contributed by atoms with Crippen LogP contribution in [0.15, 0.2) is 18.2 Å². The van der Waals surface area contributed by atoms with Crippen molar-refractivity contribution in [2.45, 2.75) is 20.8 Å². The summed E-state index contributed by atoms with van der Waals surface area (Å²) in [6.45, 7) is 5.31. The second-order valence-corrected chi connectivity index (χ2v) is 4.21. The first-order valence-electron chi connectivity index (χ1n) is 5.58. The third-order valence-corrected chi connectivity index (χ3v) is 2.92. The fraction of sp³-hybridized carbons (Fsp3) is 0.231. The van der Waals surface area contributed by atoms with Gasteiger partial charge in [-0.05, 0) is 32.4 Å². The van der Waals surface area contributed by atoms with Crippen LogP contribution in [0.4, 0.5) is 10.2 Å². The molecular weight excluding hydrogens is 233 g/mol. The Balaban J connectivity index is 2.28. The van der Waals surface area contributed by atoms with Crippen LogP contribution in [-0.4, -0.2) is 16.1 Å². The predicted molar refractivity (Wildman–Crippen MR) is 67.2 cm³/mol. The van der Waals surface area contributed by atoms with E-state index in [-0.39, 0.29) is 5.56 Å². The van der Waals surface area contributed by atoms with E-state index in [4.69, 9.17) is 0 Å². The number of nitrogens with zero attached hydrogens (tertiary/aromatic N) is 1. The lowest BCUT2D eigenvalue weighted by molar-refractivity contribution is 0.102. The van der Waals surface area contributed by atoms with E-state index in [9.17, 15) is 9.18 Å². The summed E-state index contributed by atoms with van der Waals surface area (Å²) in [5.74, 6) is -0.566. The molecule has 0 aliphatic carbocycles. The monoisotopic (exact) mass is 247 g/mol. The third kappa shape index (κ3) is 2.11. The normalized spacial score (nSPS) is 10.4. The fourth-order valence-electron chi connectivity index (χ4n) is 1.60. The van der Waals surface area contributed by atoms with Crippen molar-refractivity contribution < 1.29 is 9.18 Å². The van der Waals surface area contributed by atoms with Gasteiger partial charge < -0.3 is 5.32 Å². The van der Waals surface area contributed by atoms with Gasteiger partial charge in [-0.3, -0.25) is 9.89 Å². The van der Waals surface area contributed by atoms with Crippen molar-refractivity contribution in [2.75, 3.05) is 5.32 Å². The number of aryl methyl sites for hydroxylation is 2. The van der Waals surface area contributed by atoms with Crippen molar-refractivity contribution in [2.24, 2.45) is 0 Å². The highest BCUT2D eigenvalue weighted by Gasteiger charge is 2.15. The Hall–Kier alpha value is -2.17. The highest BCUT2D eigenvalue weighted by molar-refractivity contribution is 6.04. The Morgan fingerprint density at radius 2 is 2.06 bits per heavy atom. The number of aromatic nitrogens is 2. The molecule has 0 saturated heterocycles. The zero-order chi connectivity index (χ0) is 13.3. The molecular formula is C13H14FN3O. The van der Waals surface area contributed by atoms with Crippen molar-refractivity contribution >= 4 is 11.7 Å². The molecule has 0 fully saturated rings. The third-order valence-electron chi connectivity index (χ3n) is 2.92. The minimum Gasteiger partial charge on any atom is -0.305 e. The molecule has 18 heavy (non-hydrogen) atoms. The Labute approximate surface area is 104 Å². The topological polar surface area (TPSA) is 57.8 Å². The summed E-state index contributed by atoms with van der Waals surface area (Å²) in [5.41, 5.74) is 2.18. The molecule has 5 heteroatoms. The second kappa shape index (κ2) is 4.60. The summed E-state index contributed by atoms with van der Waals surface area (Å²) in [7, 11) is 0. The second-order valence-electron chi connectivity index (χ2n) is 4.21. The predicted octanol–water partition coefficient (Wildman–Crippen LogP) is 2.73. The molecule has 0 saturated carbocycles. The zero-order valence-corrected chi connectivity index (χ0v) is 10.5. The number of rotatable bonds is 2. The number of carbonyl (C=O) groups excluding carboxylic acids is 1. The van der Waals surface area contributed by atoms with Gasteiger partial charge in [-0.25, -0.2) is 4.39 Å². The van der Waals surface area contributed by atoms with Gasteiger partial charge in [-0.15, -0.1) is 0 Å². The number of aromatic amines is 1. The quantitative estimate of drug-likeness (QED) is 0.857. The number of benzene rings is 1. The Morgan fingerprint density at radius 3 is 2.67 bits per heavy atom. The van der Waals surface area contributed by atoms with Gasteiger partial charge in [0, 0.05) is 11.3 Å². The van der Waals surface area contributed by atoms with Gasteiger partial charge in [0.2, 0.25) is 0 Å². The zero-order valence-electron chi connectivity index (χ0n) is 10.5. The van der Waals surface area contributed by atoms with E-state index in [0.29, 0.717) is 11.4 Å². The van der Waals surface area contributed by atoms with Crippen LogP contribution in [0.5, 0.6) is 0 Å². The lowest BCUT2D eigenvalue weighted by Gasteiger charge is -2.06. The fourth-order valence-corrected chi connectivity index (χ4v) is 1.60. The first-order chi connectivity index (χ1) is 8.50. The molecule has 0 atom stereocenters. The number of H-pyrrole nitrogens is 1. The minimum absolute atomic E-state index is 0.0232. The Morgan fingerprint density at radius 1 is 1.33 bits per heavy atom. The maximum atomic E-state index is 13.8. The molecule has 0 bridgehead atoms. The average molecular weight is 247 g/mol. The number of halogens is 1. The number of anilines is 1. The van der Waals surface area contributed by atoms with Gasteiger partial charge in [0.25, 0.3) is 5.91 Å². The maximum absolute atomic E-state index is 13.8. The molecule has 94 valence electrons. The maximum Gasteiger partial charge on any atom is 0.259 e. The van der Waals surface area contributed by atoms with Crippen molar-refractivity contribution in [1.29, 1.82) is 0 Å². The lowest BCUT2D eigenvalue weighted by atomic mass is 10.1. The van der Waals surface area contributed by atoms with Gasteiger partial charge in [0.05, 0.1) is 5.56 Å². The van der Waals surface area contributed by atoms with E-state index in [1.165, 1.54) is 6.07 Å². The summed E-state index contributed by atoms with van der Waals surface area (Å²) in [6.07, 6.45) is 0. The summed E-state index contributed by atoms with van der Waals surface area (Å²) in [4.78, 5) is 11.9. The molecule has 0 unspecified atom stereocenters. The SMILES string of the molecule is Cc1cccc(C(=O)Nc2n[nH]c(C)c2C)c1F. The van der Waals surface area contributed by atoms with Gasteiger partial charge in [-0.2, -0.15) is 5.10 Å². The summed E-state index contributed by atoms with van der Waals surface area (Å²) in [6, 6.07) is 4.72. The largest absolute Gasteiger partial charge is 0.305 e. The van der Waals surface area contributed by atoms with E-state index >= 15 is 0 Å². The van der Waals surface area contributed by atoms with Crippen LogP contribution >= 0.6 is 0 Å². The molecule has 1 amide bonds. The molecule has 2 N–H and O–H groups in total. The Kier molecular flexibility index (Phi) is 3.14. The molecule has 0 radical (unpaired) electrons. The van der Waals surface area contributed by atoms with E-state index in [1.807, 2.05) is 13.8 Å². The summed E-state index contributed by atoms with van der Waals surface area (Å²) in [5, 5.41) is 9.31. The first kappa shape index (κ1) is 12.3. The van der Waals surface area contributed by atoms with Crippen LogP contribution in [-0.2, 0) is 0 Å². The molecule has 2 aromatic rings. The molecule has 0 aliphatic heterocycles. The molecule has 4 nitrogen and oxygen atoms in total. The first-order valence-corrected chi connectivity index (χ1v) is 5.58. The van der Waals surface area contributed by atoms with Gasteiger partial charge >= 0.3 is 0 Å².